The van der Waals surface area contributed by atoms with E-state index in [1.165, 1.54) is 6.20 Å². The fraction of sp³-hybridized carbons (Fsp3) is 0.0833. The summed E-state index contributed by atoms with van der Waals surface area (Å²) in [5, 5.41) is 0. The van der Waals surface area contributed by atoms with Crippen LogP contribution in [0.4, 0.5) is 0 Å². The molecule has 0 fully saturated rings. The van der Waals surface area contributed by atoms with Gasteiger partial charge in [0.25, 0.3) is 0 Å². The Bertz CT molecular complexity index is 477. The van der Waals surface area contributed by atoms with Crippen molar-refractivity contribution in [2.24, 2.45) is 0 Å². The molecule has 0 atom stereocenters. The van der Waals surface area contributed by atoms with Crippen molar-refractivity contribution in [2.45, 2.75) is 0 Å². The summed E-state index contributed by atoms with van der Waals surface area (Å²) in [7, 11) is 1.57. The minimum Gasteiger partial charge on any atom is -0.481 e. The lowest BCUT2D eigenvalue weighted by Crippen LogP contribution is -1.89. The lowest BCUT2D eigenvalue weighted by atomic mass is 10.2. The largest absolute Gasteiger partial charge is 0.481 e. The molecule has 0 amide bonds. The van der Waals surface area contributed by atoms with Crippen molar-refractivity contribution in [3.63, 3.8) is 0 Å². The van der Waals surface area contributed by atoms with Gasteiger partial charge in [-0.2, -0.15) is 0 Å². The fourth-order valence-corrected chi connectivity index (χ4v) is 1.30. The van der Waals surface area contributed by atoms with Gasteiger partial charge in [-0.3, -0.25) is 9.78 Å². The van der Waals surface area contributed by atoms with Crippen LogP contribution in [-0.4, -0.2) is 23.4 Å². The second kappa shape index (κ2) is 4.53. The molecule has 2 heterocycles. The Hall–Kier alpha value is -2.23. The third-order valence-corrected chi connectivity index (χ3v) is 2.16. The van der Waals surface area contributed by atoms with Gasteiger partial charge in [0.15, 0.2) is 6.29 Å². The van der Waals surface area contributed by atoms with E-state index in [1.54, 1.807) is 31.5 Å². The Balaban J connectivity index is 2.31. The van der Waals surface area contributed by atoms with Gasteiger partial charge >= 0.3 is 0 Å². The Morgan fingerprint density at radius 2 is 2.00 bits per heavy atom. The van der Waals surface area contributed by atoms with E-state index in [2.05, 4.69) is 9.97 Å². The molecule has 0 aliphatic rings. The van der Waals surface area contributed by atoms with E-state index in [0.29, 0.717) is 11.4 Å². The van der Waals surface area contributed by atoms with Crippen molar-refractivity contribution in [3.8, 4) is 17.1 Å². The molecule has 0 aromatic carbocycles. The van der Waals surface area contributed by atoms with Crippen molar-refractivity contribution in [1.29, 1.82) is 0 Å². The first kappa shape index (κ1) is 10.3. The van der Waals surface area contributed by atoms with Crippen molar-refractivity contribution in [2.75, 3.05) is 7.11 Å². The molecule has 2 aromatic rings. The minimum absolute atomic E-state index is 0.560. The highest BCUT2D eigenvalue weighted by molar-refractivity contribution is 5.75. The van der Waals surface area contributed by atoms with Gasteiger partial charge in [0, 0.05) is 29.6 Å². The number of aldehydes is 1. The third kappa shape index (κ3) is 2.06. The Kier molecular flexibility index (Phi) is 2.91. The van der Waals surface area contributed by atoms with Gasteiger partial charge in [-0.15, -0.1) is 0 Å². The van der Waals surface area contributed by atoms with E-state index in [4.69, 9.17) is 4.74 Å². The van der Waals surface area contributed by atoms with Crippen LogP contribution in [0.5, 0.6) is 5.88 Å². The van der Waals surface area contributed by atoms with Gasteiger partial charge < -0.3 is 4.74 Å². The molecule has 0 N–H and O–H groups in total. The molecule has 80 valence electrons. The lowest BCUT2D eigenvalue weighted by Gasteiger charge is -2.02. The molecule has 0 bridgehead atoms. The lowest BCUT2D eigenvalue weighted by molar-refractivity contribution is 0.112. The second-order valence-electron chi connectivity index (χ2n) is 3.18. The van der Waals surface area contributed by atoms with Crippen LogP contribution >= 0.6 is 0 Å². The van der Waals surface area contributed by atoms with Crippen LogP contribution in [0.2, 0.25) is 0 Å². The maximum atomic E-state index is 10.5. The number of carbonyl (C=O) groups excluding carboxylic acids is 1. The molecule has 0 spiro atoms. The molecule has 0 saturated heterocycles. The average Bonchev–Trinajstić information content (AvgIpc) is 2.39. The molecular formula is C12H10N2O2. The van der Waals surface area contributed by atoms with Gasteiger partial charge in [0.05, 0.1) is 12.8 Å². The maximum absolute atomic E-state index is 10.5. The van der Waals surface area contributed by atoms with Gasteiger partial charge in [0.2, 0.25) is 5.88 Å². The second-order valence-corrected chi connectivity index (χ2v) is 3.18. The predicted molar refractivity (Wildman–Crippen MR) is 59.4 cm³/mol. The summed E-state index contributed by atoms with van der Waals surface area (Å²) in [5.41, 5.74) is 2.23. The zero-order valence-electron chi connectivity index (χ0n) is 8.75. The monoisotopic (exact) mass is 214 g/mol. The van der Waals surface area contributed by atoms with E-state index >= 15 is 0 Å². The van der Waals surface area contributed by atoms with Gasteiger partial charge in [0.1, 0.15) is 0 Å². The quantitative estimate of drug-likeness (QED) is 0.733. The number of rotatable bonds is 3. The summed E-state index contributed by atoms with van der Waals surface area (Å²) in [6.07, 6.45) is 3.98. The van der Waals surface area contributed by atoms with E-state index in [1.807, 2.05) is 6.07 Å². The molecule has 2 rings (SSSR count). The minimum atomic E-state index is 0.560. The van der Waals surface area contributed by atoms with Crippen molar-refractivity contribution >= 4 is 6.29 Å². The SMILES string of the molecule is COc1ccc(-c2ccc(C=O)cn2)cn1. The van der Waals surface area contributed by atoms with Crippen LogP contribution in [0.25, 0.3) is 11.3 Å². The number of hydrogen-bond donors (Lipinski definition) is 0. The number of methoxy groups -OCH3 is 1. The highest BCUT2D eigenvalue weighted by atomic mass is 16.5. The number of carbonyl (C=O) groups is 1. The topological polar surface area (TPSA) is 52.1 Å². The van der Waals surface area contributed by atoms with E-state index in [-0.39, 0.29) is 0 Å². The first-order chi connectivity index (χ1) is 7.83. The van der Waals surface area contributed by atoms with E-state index < -0.39 is 0 Å². The van der Waals surface area contributed by atoms with Gasteiger partial charge in [-0.05, 0) is 18.2 Å². The molecular weight excluding hydrogens is 204 g/mol. The zero-order chi connectivity index (χ0) is 11.4. The zero-order valence-corrected chi connectivity index (χ0v) is 8.75. The molecule has 4 nitrogen and oxygen atoms in total. The van der Waals surface area contributed by atoms with Crippen LogP contribution < -0.4 is 4.74 Å². The molecule has 0 saturated carbocycles. The van der Waals surface area contributed by atoms with E-state index in [9.17, 15) is 4.79 Å². The Morgan fingerprint density at radius 1 is 1.12 bits per heavy atom. The summed E-state index contributed by atoms with van der Waals surface area (Å²) >= 11 is 0. The summed E-state index contributed by atoms with van der Waals surface area (Å²) in [5.74, 6) is 0.563. The number of ether oxygens (including phenoxy) is 1. The molecule has 0 radical (unpaired) electrons. The summed E-state index contributed by atoms with van der Waals surface area (Å²) < 4.78 is 4.96. The number of nitrogens with zero attached hydrogens (tertiary/aromatic N) is 2. The molecule has 0 aliphatic carbocycles. The van der Waals surface area contributed by atoms with Crippen molar-refractivity contribution in [1.82, 2.24) is 9.97 Å². The number of aromatic nitrogens is 2. The Morgan fingerprint density at radius 3 is 2.50 bits per heavy atom. The Labute approximate surface area is 92.9 Å². The smallest absolute Gasteiger partial charge is 0.212 e. The predicted octanol–water partition coefficient (Wildman–Crippen LogP) is 1.96. The third-order valence-electron chi connectivity index (χ3n) is 2.16. The first-order valence-corrected chi connectivity index (χ1v) is 4.75. The van der Waals surface area contributed by atoms with Crippen LogP contribution in [0, 0.1) is 0 Å². The normalized spacial score (nSPS) is 9.81. The number of hydrogen-bond acceptors (Lipinski definition) is 4. The standard InChI is InChI=1S/C12H10N2O2/c1-16-12-5-3-10(7-14-12)11-4-2-9(8-15)6-13-11/h2-8H,1H3. The van der Waals surface area contributed by atoms with Crippen molar-refractivity contribution in [3.05, 3.63) is 42.2 Å². The molecule has 0 aliphatic heterocycles. The van der Waals surface area contributed by atoms with Crippen LogP contribution in [0.1, 0.15) is 10.4 Å². The molecule has 0 unspecified atom stereocenters. The maximum Gasteiger partial charge on any atom is 0.212 e. The van der Waals surface area contributed by atoms with Crippen molar-refractivity contribution < 1.29 is 9.53 Å². The van der Waals surface area contributed by atoms with Crippen LogP contribution in [0.15, 0.2) is 36.7 Å². The number of pyridine rings is 2. The van der Waals surface area contributed by atoms with Crippen LogP contribution in [-0.2, 0) is 0 Å². The highest BCUT2D eigenvalue weighted by Gasteiger charge is 2.00. The molecule has 16 heavy (non-hydrogen) atoms. The van der Waals surface area contributed by atoms with Gasteiger partial charge in [-0.25, -0.2) is 4.98 Å². The highest BCUT2D eigenvalue weighted by Crippen LogP contribution is 2.17. The summed E-state index contributed by atoms with van der Waals surface area (Å²) in [6, 6.07) is 7.15. The van der Waals surface area contributed by atoms with Crippen LogP contribution in [0.3, 0.4) is 0 Å². The average molecular weight is 214 g/mol. The summed E-state index contributed by atoms with van der Waals surface area (Å²) in [6.45, 7) is 0. The van der Waals surface area contributed by atoms with E-state index in [0.717, 1.165) is 17.5 Å². The fourth-order valence-electron chi connectivity index (χ4n) is 1.30. The van der Waals surface area contributed by atoms with Gasteiger partial charge in [-0.1, -0.05) is 0 Å². The molecule has 4 heteroatoms. The first-order valence-electron chi connectivity index (χ1n) is 4.75. The molecule has 2 aromatic heterocycles. The summed E-state index contributed by atoms with van der Waals surface area (Å²) in [4.78, 5) is 18.7.